The van der Waals surface area contributed by atoms with E-state index >= 15 is 0 Å². The van der Waals surface area contributed by atoms with Gasteiger partial charge >= 0.3 is 0 Å². The Hall–Kier alpha value is -2.27. The number of hydrogen-bond acceptors (Lipinski definition) is 3. The molecule has 2 heterocycles. The molecule has 1 unspecified atom stereocenters. The van der Waals surface area contributed by atoms with Crippen molar-refractivity contribution < 1.29 is 14.3 Å². The molecule has 5 heteroatoms. The lowest BCUT2D eigenvalue weighted by Gasteiger charge is -2.52. The van der Waals surface area contributed by atoms with Crippen LogP contribution in [0.15, 0.2) is 48.7 Å². The van der Waals surface area contributed by atoms with Crippen molar-refractivity contribution >= 4 is 5.91 Å². The van der Waals surface area contributed by atoms with E-state index in [0.29, 0.717) is 18.5 Å². The van der Waals surface area contributed by atoms with Crippen LogP contribution < -0.4 is 0 Å². The zero-order chi connectivity index (χ0) is 18.1. The van der Waals surface area contributed by atoms with Gasteiger partial charge in [0.1, 0.15) is 0 Å². The Labute approximate surface area is 152 Å². The zero-order valence-electron chi connectivity index (χ0n) is 14.6. The van der Waals surface area contributed by atoms with E-state index in [1.165, 1.54) is 18.3 Å². The molecule has 4 nitrogen and oxygen atoms in total. The van der Waals surface area contributed by atoms with Gasteiger partial charge in [-0.15, -0.1) is 0 Å². The van der Waals surface area contributed by atoms with Crippen LogP contribution >= 0.6 is 0 Å². The molecular weight excluding hydrogens is 331 g/mol. The number of hydrogen-bond donors (Lipinski definition) is 1. The summed E-state index contributed by atoms with van der Waals surface area (Å²) in [5.41, 5.74) is 0.442. The van der Waals surface area contributed by atoms with E-state index in [1.54, 1.807) is 0 Å². The summed E-state index contributed by atoms with van der Waals surface area (Å²) in [7, 11) is 0. The number of aromatic nitrogens is 1. The number of piperidine rings is 1. The average molecular weight is 354 g/mol. The molecular formula is C21H23FN2O2. The first kappa shape index (κ1) is 17.2. The third kappa shape index (κ3) is 2.90. The molecule has 1 aromatic carbocycles. The Bertz CT molecular complexity index is 780. The molecule has 1 N–H and O–H groups in total. The predicted octanol–water partition coefficient (Wildman–Crippen LogP) is 3.51. The van der Waals surface area contributed by atoms with E-state index in [2.05, 4.69) is 4.98 Å². The second-order valence-corrected chi connectivity index (χ2v) is 7.37. The monoisotopic (exact) mass is 354 g/mol. The molecule has 1 saturated heterocycles. The number of aliphatic hydroxyl groups is 1. The van der Waals surface area contributed by atoms with Crippen molar-refractivity contribution in [2.75, 3.05) is 6.54 Å². The highest BCUT2D eigenvalue weighted by atomic mass is 19.1. The van der Waals surface area contributed by atoms with E-state index < -0.39 is 11.5 Å². The highest BCUT2D eigenvalue weighted by molar-refractivity contribution is 5.94. The molecule has 0 spiro atoms. The molecule has 3 atom stereocenters. The first-order chi connectivity index (χ1) is 12.6. The number of carbonyl (C=O) groups is 1. The SMILES string of the molecule is O=C(c1ccc(F)nc1)N1CC[C@@](O)(c2ccccc2)[C@@H]2CCCCC21. The molecule has 2 aromatic rings. The lowest BCUT2D eigenvalue weighted by Crippen LogP contribution is -2.59. The summed E-state index contributed by atoms with van der Waals surface area (Å²) in [5.74, 6) is -0.691. The quantitative estimate of drug-likeness (QED) is 0.840. The molecule has 4 rings (SSSR count). The summed E-state index contributed by atoms with van der Waals surface area (Å²) < 4.78 is 13.1. The summed E-state index contributed by atoms with van der Waals surface area (Å²) >= 11 is 0. The minimum absolute atomic E-state index is 0.000240. The lowest BCUT2D eigenvalue weighted by molar-refractivity contribution is -0.110. The zero-order valence-corrected chi connectivity index (χ0v) is 14.6. The van der Waals surface area contributed by atoms with Crippen LogP contribution in [0.3, 0.4) is 0 Å². The van der Waals surface area contributed by atoms with Gasteiger partial charge in [0, 0.05) is 24.7 Å². The van der Waals surface area contributed by atoms with Gasteiger partial charge in [-0.1, -0.05) is 43.2 Å². The standard InChI is InChI=1S/C21H23FN2O2/c22-19-11-10-15(14-23-19)20(25)24-13-12-21(26,16-6-2-1-3-7-16)17-8-4-5-9-18(17)24/h1-3,6-7,10-11,14,17-18,26H,4-5,8-9,12-13H2/t17-,18?,21-/m1/s1. The van der Waals surface area contributed by atoms with E-state index in [4.69, 9.17) is 0 Å². The minimum Gasteiger partial charge on any atom is -0.385 e. The van der Waals surface area contributed by atoms with Crippen molar-refractivity contribution in [3.8, 4) is 0 Å². The fourth-order valence-corrected chi connectivity index (χ4v) is 4.69. The van der Waals surface area contributed by atoms with Crippen molar-refractivity contribution in [3.05, 3.63) is 65.7 Å². The smallest absolute Gasteiger partial charge is 0.255 e. The number of pyridine rings is 1. The van der Waals surface area contributed by atoms with E-state index in [9.17, 15) is 14.3 Å². The molecule has 2 aliphatic rings. The van der Waals surface area contributed by atoms with Crippen LogP contribution in [0, 0.1) is 11.9 Å². The van der Waals surface area contributed by atoms with Crippen LogP contribution in [0.5, 0.6) is 0 Å². The molecule has 1 aromatic heterocycles. The average Bonchev–Trinajstić information content (AvgIpc) is 2.69. The van der Waals surface area contributed by atoms with E-state index in [1.807, 2.05) is 35.2 Å². The Kier molecular flexibility index (Phi) is 4.49. The molecule has 1 aliphatic heterocycles. The number of likely N-dealkylation sites (tertiary alicyclic amines) is 1. The summed E-state index contributed by atoms with van der Waals surface area (Å²) in [5, 5.41) is 11.5. The van der Waals surface area contributed by atoms with Gasteiger partial charge < -0.3 is 10.0 Å². The van der Waals surface area contributed by atoms with Crippen molar-refractivity contribution in [1.29, 1.82) is 0 Å². The number of carbonyl (C=O) groups excluding carboxylic acids is 1. The molecule has 136 valence electrons. The maximum atomic E-state index is 13.1. The molecule has 26 heavy (non-hydrogen) atoms. The van der Waals surface area contributed by atoms with Gasteiger partial charge in [-0.25, -0.2) is 4.98 Å². The second-order valence-electron chi connectivity index (χ2n) is 7.37. The third-order valence-electron chi connectivity index (χ3n) is 5.99. The normalized spacial score (nSPS) is 28.5. The van der Waals surface area contributed by atoms with Crippen molar-refractivity contribution in [2.45, 2.75) is 43.7 Å². The Morgan fingerprint density at radius 2 is 1.92 bits per heavy atom. The lowest BCUT2D eigenvalue weighted by atomic mass is 9.66. The van der Waals surface area contributed by atoms with E-state index in [0.717, 1.165) is 31.2 Å². The number of nitrogens with zero attached hydrogens (tertiary/aromatic N) is 2. The Morgan fingerprint density at radius 3 is 2.65 bits per heavy atom. The highest BCUT2D eigenvalue weighted by Crippen LogP contribution is 2.47. The maximum Gasteiger partial charge on any atom is 0.255 e. The van der Waals surface area contributed by atoms with Gasteiger partial charge in [0.25, 0.3) is 5.91 Å². The van der Waals surface area contributed by atoms with Crippen LogP contribution in [-0.2, 0) is 5.60 Å². The number of halogens is 1. The highest BCUT2D eigenvalue weighted by Gasteiger charge is 2.50. The van der Waals surface area contributed by atoms with Gasteiger partial charge in [0.15, 0.2) is 0 Å². The fourth-order valence-electron chi connectivity index (χ4n) is 4.69. The van der Waals surface area contributed by atoms with Crippen LogP contribution in [0.2, 0.25) is 0 Å². The Morgan fingerprint density at radius 1 is 1.15 bits per heavy atom. The molecule has 1 saturated carbocycles. The largest absolute Gasteiger partial charge is 0.385 e. The first-order valence-electron chi connectivity index (χ1n) is 9.30. The van der Waals surface area contributed by atoms with Crippen molar-refractivity contribution in [3.63, 3.8) is 0 Å². The third-order valence-corrected chi connectivity index (χ3v) is 5.99. The minimum atomic E-state index is -0.899. The Balaban J connectivity index is 1.64. The van der Waals surface area contributed by atoms with Crippen LogP contribution in [0.25, 0.3) is 0 Å². The topological polar surface area (TPSA) is 53.4 Å². The van der Waals surface area contributed by atoms with Gasteiger partial charge in [0.2, 0.25) is 5.95 Å². The van der Waals surface area contributed by atoms with E-state index in [-0.39, 0.29) is 17.9 Å². The number of benzene rings is 1. The molecule has 1 amide bonds. The van der Waals surface area contributed by atoms with Gasteiger partial charge in [-0.05, 0) is 37.0 Å². The van der Waals surface area contributed by atoms with Gasteiger partial charge in [0.05, 0.1) is 11.2 Å². The van der Waals surface area contributed by atoms with Crippen LogP contribution in [0.4, 0.5) is 4.39 Å². The maximum absolute atomic E-state index is 13.1. The molecule has 0 radical (unpaired) electrons. The second kappa shape index (κ2) is 6.80. The van der Waals surface area contributed by atoms with Crippen molar-refractivity contribution in [2.24, 2.45) is 5.92 Å². The number of amides is 1. The first-order valence-corrected chi connectivity index (χ1v) is 9.30. The summed E-state index contributed by atoms with van der Waals surface area (Å²) in [4.78, 5) is 18.5. The molecule has 0 bridgehead atoms. The van der Waals surface area contributed by atoms with Crippen LogP contribution in [0.1, 0.15) is 48.0 Å². The molecule has 2 fully saturated rings. The number of rotatable bonds is 2. The van der Waals surface area contributed by atoms with Crippen LogP contribution in [-0.4, -0.2) is 33.5 Å². The van der Waals surface area contributed by atoms with Crippen molar-refractivity contribution in [1.82, 2.24) is 9.88 Å². The summed E-state index contributed by atoms with van der Waals surface area (Å²) in [6, 6.07) is 12.5. The van der Waals surface area contributed by atoms with Gasteiger partial charge in [-0.2, -0.15) is 4.39 Å². The summed E-state index contributed by atoms with van der Waals surface area (Å²) in [6.45, 7) is 0.489. The number of fused-ring (bicyclic) bond motifs is 1. The summed E-state index contributed by atoms with van der Waals surface area (Å²) in [6.07, 6.45) is 5.72. The van der Waals surface area contributed by atoms with Gasteiger partial charge in [-0.3, -0.25) is 4.79 Å². The molecule has 1 aliphatic carbocycles. The predicted molar refractivity (Wildman–Crippen MR) is 95.9 cm³/mol. The fraction of sp³-hybridized carbons (Fsp3) is 0.429.